The summed E-state index contributed by atoms with van der Waals surface area (Å²) in [7, 11) is 0. The molecule has 0 unspecified atom stereocenters. The highest BCUT2D eigenvalue weighted by Gasteiger charge is 1.92. The molecular formula is C6H13N3S. The first-order valence-corrected chi connectivity index (χ1v) is 3.46. The van der Waals surface area contributed by atoms with E-state index < -0.39 is 0 Å². The lowest BCUT2D eigenvalue weighted by Gasteiger charge is -2.08. The molecule has 0 saturated heterocycles. The third-order valence-electron chi connectivity index (χ3n) is 0.753. The van der Waals surface area contributed by atoms with E-state index in [0.29, 0.717) is 16.9 Å². The van der Waals surface area contributed by atoms with Gasteiger partial charge in [-0.3, -0.25) is 0 Å². The normalized spacial score (nSPS) is 11.7. The van der Waals surface area contributed by atoms with Crippen molar-refractivity contribution in [2.45, 2.75) is 19.9 Å². The summed E-state index contributed by atoms with van der Waals surface area (Å²) >= 11 is 4.61. The topological polar surface area (TPSA) is 64.1 Å². The van der Waals surface area contributed by atoms with E-state index in [9.17, 15) is 0 Å². The predicted molar refractivity (Wildman–Crippen MR) is 47.3 cm³/mol. The lowest BCUT2D eigenvalue weighted by Crippen LogP contribution is -2.28. The Morgan fingerprint density at radius 1 is 1.50 bits per heavy atom. The number of nitrogens with one attached hydrogen (secondary N) is 1. The molecule has 10 heavy (non-hydrogen) atoms. The molecule has 58 valence electrons. The Kier molecular flexibility index (Phi) is 3.79. The maximum absolute atomic E-state index is 5.46. The van der Waals surface area contributed by atoms with Crippen LogP contribution in [0.25, 0.3) is 0 Å². The van der Waals surface area contributed by atoms with E-state index in [0.717, 1.165) is 0 Å². The molecule has 0 atom stereocenters. The van der Waals surface area contributed by atoms with Crippen molar-refractivity contribution < 1.29 is 0 Å². The molecule has 5 N–H and O–H groups in total. The van der Waals surface area contributed by atoms with Crippen molar-refractivity contribution in [2.24, 2.45) is 11.5 Å². The zero-order valence-electron chi connectivity index (χ0n) is 6.22. The highest BCUT2D eigenvalue weighted by molar-refractivity contribution is 7.80. The van der Waals surface area contributed by atoms with Gasteiger partial charge in [0.15, 0.2) is 0 Å². The van der Waals surface area contributed by atoms with Crippen LogP contribution in [0.4, 0.5) is 0 Å². The molecule has 0 saturated carbocycles. The summed E-state index contributed by atoms with van der Waals surface area (Å²) in [4.78, 5) is 0.297. The average molecular weight is 159 g/mol. The summed E-state index contributed by atoms with van der Waals surface area (Å²) in [5.74, 6) is 0.516. The first-order chi connectivity index (χ1) is 4.52. The fraction of sp³-hybridized carbons (Fsp3) is 0.500. The van der Waals surface area contributed by atoms with Crippen molar-refractivity contribution in [3.63, 3.8) is 0 Å². The third-order valence-corrected chi connectivity index (χ3v) is 0.871. The van der Waals surface area contributed by atoms with Crippen molar-refractivity contribution in [3.8, 4) is 0 Å². The van der Waals surface area contributed by atoms with Crippen LogP contribution in [0, 0.1) is 0 Å². The Bertz CT molecular complexity index is 151. The van der Waals surface area contributed by atoms with E-state index in [1.54, 1.807) is 0 Å². The van der Waals surface area contributed by atoms with Gasteiger partial charge in [-0.25, -0.2) is 0 Å². The van der Waals surface area contributed by atoms with Crippen LogP contribution in [0.15, 0.2) is 11.9 Å². The quantitative estimate of drug-likeness (QED) is 0.403. The van der Waals surface area contributed by atoms with Crippen molar-refractivity contribution in [2.75, 3.05) is 0 Å². The molecule has 4 heteroatoms. The standard InChI is InChI=1S/C6H13N3S/c1-4(2)9-5(7)3-6(8)10/h3-4,9H,7H2,1-2H3,(H2,8,10)/b5-3-. The van der Waals surface area contributed by atoms with Crippen LogP contribution in [0.3, 0.4) is 0 Å². The van der Waals surface area contributed by atoms with Crippen molar-refractivity contribution in [1.29, 1.82) is 0 Å². The second kappa shape index (κ2) is 4.11. The summed E-state index contributed by atoms with van der Waals surface area (Å²) in [5.41, 5.74) is 10.7. The third kappa shape index (κ3) is 5.37. The van der Waals surface area contributed by atoms with Crippen LogP contribution in [-0.4, -0.2) is 11.0 Å². The van der Waals surface area contributed by atoms with Crippen LogP contribution in [0.1, 0.15) is 13.8 Å². The number of nitrogens with two attached hydrogens (primary N) is 2. The molecule has 3 nitrogen and oxygen atoms in total. The number of rotatable bonds is 3. The number of hydrogen-bond donors (Lipinski definition) is 3. The lowest BCUT2D eigenvalue weighted by molar-refractivity contribution is 0.664. The molecular weight excluding hydrogens is 146 g/mol. The Morgan fingerprint density at radius 2 is 2.00 bits per heavy atom. The minimum absolute atomic E-state index is 0.297. The van der Waals surface area contributed by atoms with E-state index in [1.807, 2.05) is 13.8 Å². The first-order valence-electron chi connectivity index (χ1n) is 3.05. The maximum Gasteiger partial charge on any atom is 0.0998 e. The summed E-state index contributed by atoms with van der Waals surface area (Å²) in [5, 5.41) is 2.95. The molecule has 0 aromatic heterocycles. The van der Waals surface area contributed by atoms with Gasteiger partial charge in [-0.15, -0.1) is 0 Å². The van der Waals surface area contributed by atoms with Gasteiger partial charge in [-0.1, -0.05) is 12.2 Å². The van der Waals surface area contributed by atoms with Gasteiger partial charge in [0.25, 0.3) is 0 Å². The highest BCUT2D eigenvalue weighted by atomic mass is 32.1. The molecule has 0 spiro atoms. The van der Waals surface area contributed by atoms with Gasteiger partial charge < -0.3 is 16.8 Å². The summed E-state index contributed by atoms with van der Waals surface area (Å²) in [6.45, 7) is 3.97. The predicted octanol–water partition coefficient (Wildman–Crippen LogP) is 0.0706. The number of hydrogen-bond acceptors (Lipinski definition) is 3. The van der Waals surface area contributed by atoms with E-state index in [1.165, 1.54) is 6.08 Å². The molecule has 0 amide bonds. The summed E-state index contributed by atoms with van der Waals surface area (Å²) in [6.07, 6.45) is 1.52. The Hall–Kier alpha value is -0.770. The summed E-state index contributed by atoms with van der Waals surface area (Å²) < 4.78 is 0. The van der Waals surface area contributed by atoms with Gasteiger partial charge in [0.1, 0.15) is 0 Å². The van der Waals surface area contributed by atoms with Gasteiger partial charge in [-0.05, 0) is 13.8 Å². The molecule has 0 heterocycles. The average Bonchev–Trinajstić information content (AvgIpc) is 1.58. The van der Waals surface area contributed by atoms with Gasteiger partial charge in [-0.2, -0.15) is 0 Å². The van der Waals surface area contributed by atoms with E-state index in [2.05, 4.69) is 17.5 Å². The molecule has 0 aromatic carbocycles. The Morgan fingerprint density at radius 3 is 2.30 bits per heavy atom. The van der Waals surface area contributed by atoms with E-state index in [4.69, 9.17) is 11.5 Å². The molecule has 0 aromatic rings. The van der Waals surface area contributed by atoms with Crippen molar-refractivity contribution in [3.05, 3.63) is 11.9 Å². The molecule has 0 aliphatic rings. The second-order valence-corrected chi connectivity index (χ2v) is 2.77. The van der Waals surface area contributed by atoms with Crippen LogP contribution < -0.4 is 16.8 Å². The van der Waals surface area contributed by atoms with Crippen molar-refractivity contribution >= 4 is 17.2 Å². The van der Waals surface area contributed by atoms with Gasteiger partial charge in [0.2, 0.25) is 0 Å². The Balaban J connectivity index is 3.83. The monoisotopic (exact) mass is 159 g/mol. The number of thiocarbonyl (C=S) groups is 1. The van der Waals surface area contributed by atoms with Crippen molar-refractivity contribution in [1.82, 2.24) is 5.32 Å². The molecule has 0 bridgehead atoms. The highest BCUT2D eigenvalue weighted by Crippen LogP contribution is 1.82. The maximum atomic E-state index is 5.46. The van der Waals surface area contributed by atoms with Crippen LogP contribution in [0.5, 0.6) is 0 Å². The first kappa shape index (κ1) is 9.23. The molecule has 0 aliphatic heterocycles. The zero-order chi connectivity index (χ0) is 8.15. The minimum Gasteiger partial charge on any atom is -0.390 e. The van der Waals surface area contributed by atoms with Crippen LogP contribution in [-0.2, 0) is 0 Å². The SMILES string of the molecule is CC(C)N/C(N)=C\C(N)=S. The van der Waals surface area contributed by atoms with Gasteiger partial charge >= 0.3 is 0 Å². The molecule has 0 rings (SSSR count). The fourth-order valence-corrected chi connectivity index (χ4v) is 0.655. The molecule has 0 fully saturated rings. The van der Waals surface area contributed by atoms with E-state index >= 15 is 0 Å². The second-order valence-electron chi connectivity index (χ2n) is 2.30. The van der Waals surface area contributed by atoms with Crippen LogP contribution in [0.2, 0.25) is 0 Å². The lowest BCUT2D eigenvalue weighted by atomic mass is 10.4. The molecule has 0 aliphatic carbocycles. The summed E-state index contributed by atoms with van der Waals surface area (Å²) in [6, 6.07) is 0.311. The molecule has 0 radical (unpaired) electrons. The van der Waals surface area contributed by atoms with Gasteiger partial charge in [0, 0.05) is 12.1 Å². The smallest absolute Gasteiger partial charge is 0.0998 e. The largest absolute Gasteiger partial charge is 0.390 e. The minimum atomic E-state index is 0.297. The Labute approximate surface area is 66.5 Å². The van der Waals surface area contributed by atoms with Gasteiger partial charge in [0.05, 0.1) is 10.8 Å². The zero-order valence-corrected chi connectivity index (χ0v) is 7.03. The van der Waals surface area contributed by atoms with Crippen LogP contribution >= 0.6 is 12.2 Å². The van der Waals surface area contributed by atoms with E-state index in [-0.39, 0.29) is 0 Å². The fourth-order valence-electron chi connectivity index (χ4n) is 0.528.